The van der Waals surface area contributed by atoms with Crippen LogP contribution in [0.1, 0.15) is 32.6 Å². The fourth-order valence-corrected chi connectivity index (χ4v) is 3.42. The molecule has 0 unspecified atom stereocenters. The average molecular weight is 232 g/mol. The van der Waals surface area contributed by atoms with Crippen molar-refractivity contribution in [2.75, 3.05) is 20.8 Å². The zero-order valence-corrected chi connectivity index (χ0v) is 11.3. The first-order valence-electron chi connectivity index (χ1n) is 5.59. The summed E-state index contributed by atoms with van der Waals surface area (Å²) < 4.78 is 16.6. The van der Waals surface area contributed by atoms with E-state index in [1.165, 1.54) is 0 Å². The van der Waals surface area contributed by atoms with E-state index in [1.807, 2.05) is 6.08 Å². The Morgan fingerprint density at radius 3 is 2.33 bits per heavy atom. The van der Waals surface area contributed by atoms with Gasteiger partial charge in [0.1, 0.15) is 0 Å². The lowest BCUT2D eigenvalue weighted by Gasteiger charge is -2.25. The highest BCUT2D eigenvalue weighted by molar-refractivity contribution is 6.60. The van der Waals surface area contributed by atoms with Gasteiger partial charge in [0, 0.05) is 26.9 Å². The zero-order chi connectivity index (χ0) is 11.6. The average Bonchev–Trinajstić information content (AvgIpc) is 2.27. The molecule has 0 saturated carbocycles. The molecule has 0 bridgehead atoms. The molecule has 0 aliphatic heterocycles. The molecule has 0 radical (unpaired) electrons. The molecule has 3 nitrogen and oxygen atoms in total. The fourth-order valence-electron chi connectivity index (χ4n) is 1.40. The molecule has 0 spiro atoms. The molecule has 0 aromatic heterocycles. The molecule has 0 atom stereocenters. The highest BCUT2D eigenvalue weighted by Crippen LogP contribution is 2.16. The van der Waals surface area contributed by atoms with E-state index in [4.69, 9.17) is 13.3 Å². The van der Waals surface area contributed by atoms with Crippen molar-refractivity contribution in [2.24, 2.45) is 0 Å². The van der Waals surface area contributed by atoms with E-state index in [0.29, 0.717) is 0 Å². The summed E-state index contributed by atoms with van der Waals surface area (Å²) in [5.41, 5.74) is 0. The molecule has 0 saturated heterocycles. The van der Waals surface area contributed by atoms with Gasteiger partial charge in [0.05, 0.1) is 0 Å². The Morgan fingerprint density at radius 1 is 1.20 bits per heavy atom. The molecule has 0 heterocycles. The second-order valence-corrected chi connectivity index (χ2v) is 6.45. The SMILES string of the molecule is C=CCCCCO[Si](CCC)(OC)OC. The molecule has 0 aromatic rings. The van der Waals surface area contributed by atoms with Crippen LogP contribution in [0.25, 0.3) is 0 Å². The third kappa shape index (κ3) is 6.09. The van der Waals surface area contributed by atoms with Crippen LogP contribution in [0.4, 0.5) is 0 Å². The largest absolute Gasteiger partial charge is 0.500 e. The van der Waals surface area contributed by atoms with E-state index in [1.54, 1.807) is 14.2 Å². The molecule has 0 aliphatic carbocycles. The van der Waals surface area contributed by atoms with Crippen molar-refractivity contribution >= 4 is 8.80 Å². The highest BCUT2D eigenvalue weighted by Gasteiger charge is 2.37. The lowest BCUT2D eigenvalue weighted by Crippen LogP contribution is -2.43. The number of rotatable bonds is 10. The van der Waals surface area contributed by atoms with Crippen LogP contribution in [0.3, 0.4) is 0 Å². The molecule has 4 heteroatoms. The van der Waals surface area contributed by atoms with E-state index in [0.717, 1.165) is 38.3 Å². The maximum atomic E-state index is 5.78. The zero-order valence-electron chi connectivity index (χ0n) is 10.3. The normalized spacial score (nSPS) is 11.7. The summed E-state index contributed by atoms with van der Waals surface area (Å²) in [5, 5.41) is 0. The molecule has 15 heavy (non-hydrogen) atoms. The summed E-state index contributed by atoms with van der Waals surface area (Å²) in [6.45, 7) is 6.52. The first-order valence-corrected chi connectivity index (χ1v) is 7.53. The second kappa shape index (κ2) is 9.09. The van der Waals surface area contributed by atoms with Crippen LogP contribution in [-0.4, -0.2) is 29.6 Å². The van der Waals surface area contributed by atoms with Gasteiger partial charge in [0.25, 0.3) is 0 Å². The van der Waals surface area contributed by atoms with Crippen molar-refractivity contribution in [2.45, 2.75) is 38.7 Å². The van der Waals surface area contributed by atoms with Crippen molar-refractivity contribution in [1.29, 1.82) is 0 Å². The first kappa shape index (κ1) is 14.8. The minimum atomic E-state index is -2.33. The number of hydrogen-bond donors (Lipinski definition) is 0. The number of allylic oxidation sites excluding steroid dienone is 1. The minimum absolute atomic E-state index is 0.724. The van der Waals surface area contributed by atoms with Gasteiger partial charge in [-0.3, -0.25) is 0 Å². The summed E-state index contributed by atoms with van der Waals surface area (Å²) in [6.07, 6.45) is 6.17. The second-order valence-electron chi connectivity index (χ2n) is 3.47. The van der Waals surface area contributed by atoms with E-state index in [9.17, 15) is 0 Å². The summed E-state index contributed by atoms with van der Waals surface area (Å²) in [4.78, 5) is 0. The highest BCUT2D eigenvalue weighted by atomic mass is 28.4. The van der Waals surface area contributed by atoms with Crippen molar-refractivity contribution in [3.8, 4) is 0 Å². The van der Waals surface area contributed by atoms with Crippen molar-refractivity contribution in [3.63, 3.8) is 0 Å². The molecule has 90 valence electrons. The number of unbranched alkanes of at least 4 members (excludes halogenated alkanes) is 2. The van der Waals surface area contributed by atoms with Crippen LogP contribution >= 0.6 is 0 Å². The van der Waals surface area contributed by atoms with E-state index in [2.05, 4.69) is 13.5 Å². The van der Waals surface area contributed by atoms with Gasteiger partial charge in [-0.15, -0.1) is 6.58 Å². The molecule has 0 rings (SSSR count). The Balaban J connectivity index is 3.79. The number of hydrogen-bond acceptors (Lipinski definition) is 3. The molecule has 0 aromatic carbocycles. The predicted molar refractivity (Wildman–Crippen MR) is 64.9 cm³/mol. The maximum absolute atomic E-state index is 5.78. The first-order chi connectivity index (χ1) is 7.24. The van der Waals surface area contributed by atoms with Crippen molar-refractivity contribution in [1.82, 2.24) is 0 Å². The van der Waals surface area contributed by atoms with Gasteiger partial charge in [0.15, 0.2) is 0 Å². The Hall–Kier alpha value is -0.163. The summed E-state index contributed by atoms with van der Waals surface area (Å²) in [5.74, 6) is 0. The van der Waals surface area contributed by atoms with Crippen molar-refractivity contribution < 1.29 is 13.3 Å². The monoisotopic (exact) mass is 232 g/mol. The van der Waals surface area contributed by atoms with Gasteiger partial charge < -0.3 is 13.3 Å². The van der Waals surface area contributed by atoms with Crippen LogP contribution in [0.5, 0.6) is 0 Å². The Morgan fingerprint density at radius 2 is 1.87 bits per heavy atom. The van der Waals surface area contributed by atoms with E-state index < -0.39 is 8.80 Å². The minimum Gasteiger partial charge on any atom is -0.377 e. The summed E-state index contributed by atoms with van der Waals surface area (Å²) >= 11 is 0. The molecular formula is C11H24O3Si. The van der Waals surface area contributed by atoms with Crippen LogP contribution in [0.15, 0.2) is 12.7 Å². The van der Waals surface area contributed by atoms with Gasteiger partial charge in [-0.2, -0.15) is 0 Å². The van der Waals surface area contributed by atoms with Gasteiger partial charge in [-0.25, -0.2) is 0 Å². The molecule has 0 N–H and O–H groups in total. The van der Waals surface area contributed by atoms with Crippen LogP contribution < -0.4 is 0 Å². The molecule has 0 aliphatic rings. The maximum Gasteiger partial charge on any atom is 0.500 e. The summed E-state index contributed by atoms with van der Waals surface area (Å²) in [6, 6.07) is 0.890. The van der Waals surface area contributed by atoms with E-state index in [-0.39, 0.29) is 0 Å². The van der Waals surface area contributed by atoms with E-state index >= 15 is 0 Å². The smallest absolute Gasteiger partial charge is 0.377 e. The molecular weight excluding hydrogens is 208 g/mol. The lowest BCUT2D eigenvalue weighted by molar-refractivity contribution is 0.0964. The predicted octanol–water partition coefficient (Wildman–Crippen LogP) is 3.00. The van der Waals surface area contributed by atoms with Gasteiger partial charge >= 0.3 is 8.80 Å². The van der Waals surface area contributed by atoms with Crippen LogP contribution in [-0.2, 0) is 13.3 Å². The third-order valence-electron chi connectivity index (χ3n) is 2.30. The topological polar surface area (TPSA) is 27.7 Å². The lowest BCUT2D eigenvalue weighted by atomic mass is 10.2. The van der Waals surface area contributed by atoms with Crippen LogP contribution in [0, 0.1) is 0 Å². The standard InChI is InChI=1S/C11H24O3Si/c1-5-7-8-9-10-14-15(12-3,13-4)11-6-2/h5H,1,6-11H2,2-4H3. The third-order valence-corrected chi connectivity index (χ3v) is 5.30. The Kier molecular flexibility index (Phi) is 8.99. The summed E-state index contributed by atoms with van der Waals surface area (Å²) in [7, 11) is 1.02. The van der Waals surface area contributed by atoms with Crippen LogP contribution in [0.2, 0.25) is 6.04 Å². The molecule has 0 amide bonds. The quantitative estimate of drug-likeness (QED) is 0.329. The fraction of sp³-hybridized carbons (Fsp3) is 0.818. The van der Waals surface area contributed by atoms with Gasteiger partial charge in [-0.05, 0) is 19.3 Å². The van der Waals surface area contributed by atoms with Crippen molar-refractivity contribution in [3.05, 3.63) is 12.7 Å². The Bertz CT molecular complexity index is 158. The van der Waals surface area contributed by atoms with Gasteiger partial charge in [0.2, 0.25) is 0 Å². The molecule has 0 fully saturated rings. The Labute approximate surface area is 94.8 Å². The van der Waals surface area contributed by atoms with Gasteiger partial charge in [-0.1, -0.05) is 19.4 Å².